The summed E-state index contributed by atoms with van der Waals surface area (Å²) in [6.07, 6.45) is 1.65. The standard InChI is InChI=1S/C29H27FN4O2.2C2H2O4/c30-23-11-9-20(10-12-23)18-34-26-7-3-2-6-25(26)32-29(34)31-24-14-16-33(19-24)15-13-22-17-21-5-1-4-8-27(21)36-28(22)35;2*3-1(4)2(5)6/h1-12,17,24H,13-16,18-19H2,(H,31,32);2*(H,3,4)(H,5,6). The van der Waals surface area contributed by atoms with Crippen LogP contribution in [0.4, 0.5) is 10.3 Å². The Morgan fingerprint density at radius 3 is 2.17 bits per heavy atom. The lowest BCUT2D eigenvalue weighted by molar-refractivity contribution is -0.159. The summed E-state index contributed by atoms with van der Waals surface area (Å²) in [7, 11) is 0. The van der Waals surface area contributed by atoms with E-state index in [1.807, 2.05) is 60.7 Å². The monoisotopic (exact) mass is 662 g/mol. The zero-order valence-corrected chi connectivity index (χ0v) is 25.3. The second-order valence-corrected chi connectivity index (χ2v) is 10.6. The first kappa shape index (κ1) is 34.8. The third kappa shape index (κ3) is 9.46. The Morgan fingerprint density at radius 1 is 0.875 bits per heavy atom. The molecule has 0 bridgehead atoms. The Morgan fingerprint density at radius 2 is 1.50 bits per heavy atom. The Balaban J connectivity index is 0.000000373. The van der Waals surface area contributed by atoms with Crippen LogP contribution in [-0.2, 0) is 32.1 Å². The Labute approximate surface area is 271 Å². The number of rotatable bonds is 7. The number of carboxylic acids is 4. The van der Waals surface area contributed by atoms with Crippen LogP contribution in [0.15, 0.2) is 88.1 Å². The van der Waals surface area contributed by atoms with Crippen LogP contribution in [0, 0.1) is 5.82 Å². The number of imidazole rings is 1. The summed E-state index contributed by atoms with van der Waals surface area (Å²) in [4.78, 5) is 56.0. The number of hydrogen-bond donors (Lipinski definition) is 5. The van der Waals surface area contributed by atoms with E-state index in [2.05, 4.69) is 20.9 Å². The van der Waals surface area contributed by atoms with Crippen LogP contribution < -0.4 is 10.9 Å². The largest absolute Gasteiger partial charge is 0.473 e. The summed E-state index contributed by atoms with van der Waals surface area (Å²) in [5, 5.41) is 34.2. The summed E-state index contributed by atoms with van der Waals surface area (Å²) in [6, 6.07) is 24.5. The van der Waals surface area contributed by atoms with Gasteiger partial charge >= 0.3 is 29.5 Å². The quantitative estimate of drug-likeness (QED) is 0.125. The van der Waals surface area contributed by atoms with Gasteiger partial charge in [0.1, 0.15) is 11.4 Å². The molecule has 1 unspecified atom stereocenters. The summed E-state index contributed by atoms with van der Waals surface area (Å²) in [6.45, 7) is 3.23. The fourth-order valence-electron chi connectivity index (χ4n) is 5.01. The number of fused-ring (bicyclic) bond motifs is 2. The minimum absolute atomic E-state index is 0.236. The molecule has 1 aliphatic heterocycles. The van der Waals surface area contributed by atoms with Crippen molar-refractivity contribution in [2.24, 2.45) is 0 Å². The highest BCUT2D eigenvalue weighted by molar-refractivity contribution is 6.27. The summed E-state index contributed by atoms with van der Waals surface area (Å²) in [5.41, 5.74) is 4.08. The van der Waals surface area contributed by atoms with Crippen LogP contribution in [0.5, 0.6) is 0 Å². The first-order chi connectivity index (χ1) is 22.9. The van der Waals surface area contributed by atoms with E-state index in [0.717, 1.165) is 54.0 Å². The number of para-hydroxylation sites is 3. The first-order valence-corrected chi connectivity index (χ1v) is 14.5. The maximum atomic E-state index is 13.4. The van der Waals surface area contributed by atoms with Crippen molar-refractivity contribution in [1.82, 2.24) is 14.5 Å². The van der Waals surface area contributed by atoms with Gasteiger partial charge in [-0.15, -0.1) is 0 Å². The predicted molar refractivity (Wildman–Crippen MR) is 170 cm³/mol. The van der Waals surface area contributed by atoms with E-state index in [9.17, 15) is 9.18 Å². The molecule has 1 fully saturated rings. The summed E-state index contributed by atoms with van der Waals surface area (Å²) >= 11 is 0. The van der Waals surface area contributed by atoms with Gasteiger partial charge in [0, 0.05) is 36.6 Å². The van der Waals surface area contributed by atoms with E-state index in [1.54, 1.807) is 0 Å². The van der Waals surface area contributed by atoms with E-state index in [1.165, 1.54) is 12.1 Å². The highest BCUT2D eigenvalue weighted by Crippen LogP contribution is 2.24. The summed E-state index contributed by atoms with van der Waals surface area (Å²) < 4.78 is 21.1. The number of hydrogen-bond acceptors (Lipinski definition) is 9. The molecular formula is C33H31FN4O10. The number of carboxylic acid groups (broad SMARTS) is 4. The van der Waals surface area contributed by atoms with Gasteiger partial charge in [0.15, 0.2) is 0 Å². The van der Waals surface area contributed by atoms with Crippen molar-refractivity contribution in [2.75, 3.05) is 25.0 Å². The third-order valence-electron chi connectivity index (χ3n) is 7.29. The SMILES string of the molecule is O=C(O)C(=O)O.O=C(O)C(=O)O.O=c1oc2ccccc2cc1CCN1CCC(Nc2nc3ccccc3n2Cc2ccc(F)cc2)C1. The maximum absolute atomic E-state index is 13.4. The van der Waals surface area contributed by atoms with E-state index < -0.39 is 23.9 Å². The van der Waals surface area contributed by atoms with Gasteiger partial charge < -0.3 is 39.6 Å². The second kappa shape index (κ2) is 16.0. The fraction of sp³-hybridized carbons (Fsp3) is 0.212. The minimum atomic E-state index is -1.82. The molecule has 0 saturated carbocycles. The number of nitrogens with zero attached hydrogens (tertiary/aromatic N) is 3. The molecule has 15 heteroatoms. The van der Waals surface area contributed by atoms with Gasteiger partial charge in [-0.05, 0) is 54.8 Å². The second-order valence-electron chi connectivity index (χ2n) is 10.6. The molecule has 0 spiro atoms. The van der Waals surface area contributed by atoms with Crippen molar-refractivity contribution in [2.45, 2.75) is 25.4 Å². The van der Waals surface area contributed by atoms with E-state index >= 15 is 0 Å². The van der Waals surface area contributed by atoms with Crippen molar-refractivity contribution in [3.8, 4) is 0 Å². The highest BCUT2D eigenvalue weighted by atomic mass is 19.1. The average Bonchev–Trinajstić information content (AvgIpc) is 3.65. The number of aromatic nitrogens is 2. The molecule has 6 rings (SSSR count). The van der Waals surface area contributed by atoms with E-state index in [-0.39, 0.29) is 17.5 Å². The smallest absolute Gasteiger partial charge is 0.414 e. The molecule has 2 aromatic heterocycles. The third-order valence-corrected chi connectivity index (χ3v) is 7.29. The van der Waals surface area contributed by atoms with Crippen molar-refractivity contribution < 1.29 is 48.4 Å². The van der Waals surface area contributed by atoms with Crippen molar-refractivity contribution in [3.63, 3.8) is 0 Å². The van der Waals surface area contributed by atoms with Gasteiger partial charge in [-0.25, -0.2) is 33.3 Å². The van der Waals surface area contributed by atoms with E-state index in [0.29, 0.717) is 24.1 Å². The minimum Gasteiger partial charge on any atom is -0.473 e. The number of likely N-dealkylation sites (tertiary alicyclic amines) is 1. The first-order valence-electron chi connectivity index (χ1n) is 14.5. The van der Waals surface area contributed by atoms with Gasteiger partial charge in [-0.2, -0.15) is 0 Å². The van der Waals surface area contributed by atoms with Crippen LogP contribution in [0.25, 0.3) is 22.0 Å². The normalized spacial score (nSPS) is 14.0. The van der Waals surface area contributed by atoms with Gasteiger partial charge in [0.05, 0.1) is 17.6 Å². The molecule has 0 radical (unpaired) electrons. The molecule has 14 nitrogen and oxygen atoms in total. The zero-order chi connectivity index (χ0) is 34.8. The topological polar surface area (TPSA) is 212 Å². The van der Waals surface area contributed by atoms with Crippen LogP contribution in [-0.4, -0.2) is 84.4 Å². The Bertz CT molecular complexity index is 1940. The fourth-order valence-corrected chi connectivity index (χ4v) is 5.01. The molecule has 1 saturated heterocycles. The number of benzene rings is 3. The van der Waals surface area contributed by atoms with Gasteiger partial charge in [0.2, 0.25) is 5.95 Å². The van der Waals surface area contributed by atoms with Crippen LogP contribution in [0.2, 0.25) is 0 Å². The zero-order valence-electron chi connectivity index (χ0n) is 25.3. The van der Waals surface area contributed by atoms with Gasteiger partial charge in [-0.3, -0.25) is 0 Å². The maximum Gasteiger partial charge on any atom is 0.414 e. The number of anilines is 1. The van der Waals surface area contributed by atoms with Crippen LogP contribution in [0.3, 0.4) is 0 Å². The molecule has 5 aromatic rings. The molecule has 0 aliphatic carbocycles. The lowest BCUT2D eigenvalue weighted by Crippen LogP contribution is -2.29. The highest BCUT2D eigenvalue weighted by Gasteiger charge is 2.24. The number of aliphatic carboxylic acids is 4. The molecule has 3 aromatic carbocycles. The van der Waals surface area contributed by atoms with Crippen molar-refractivity contribution in [1.29, 1.82) is 0 Å². The lowest BCUT2D eigenvalue weighted by Gasteiger charge is -2.18. The lowest BCUT2D eigenvalue weighted by atomic mass is 10.1. The average molecular weight is 663 g/mol. The predicted octanol–water partition coefficient (Wildman–Crippen LogP) is 3.37. The molecule has 250 valence electrons. The Kier molecular flexibility index (Phi) is 11.6. The van der Waals surface area contributed by atoms with Crippen molar-refractivity contribution in [3.05, 3.63) is 106 Å². The van der Waals surface area contributed by atoms with Gasteiger partial charge in [-0.1, -0.05) is 42.5 Å². The van der Waals surface area contributed by atoms with Crippen LogP contribution in [0.1, 0.15) is 17.5 Å². The molecule has 1 aliphatic rings. The molecule has 1 atom stereocenters. The number of carbonyl (C=O) groups is 4. The number of nitrogens with one attached hydrogen (secondary N) is 1. The van der Waals surface area contributed by atoms with Crippen molar-refractivity contribution >= 4 is 51.8 Å². The van der Waals surface area contributed by atoms with Gasteiger partial charge in [0.25, 0.3) is 0 Å². The molecule has 3 heterocycles. The molecule has 48 heavy (non-hydrogen) atoms. The number of halogens is 1. The van der Waals surface area contributed by atoms with E-state index in [4.69, 9.17) is 49.0 Å². The Hall–Kier alpha value is -6.09. The molecule has 0 amide bonds. The summed E-state index contributed by atoms with van der Waals surface area (Å²) in [5.74, 6) is -6.71. The molecular weight excluding hydrogens is 631 g/mol. The molecule has 5 N–H and O–H groups in total. The van der Waals surface area contributed by atoms with Crippen LogP contribution >= 0.6 is 0 Å².